The van der Waals surface area contributed by atoms with Crippen LogP contribution in [0.25, 0.3) is 0 Å². The summed E-state index contributed by atoms with van der Waals surface area (Å²) in [5, 5.41) is 14.7. The van der Waals surface area contributed by atoms with E-state index in [0.717, 1.165) is 0 Å². The van der Waals surface area contributed by atoms with Gasteiger partial charge in [-0.3, -0.25) is 0 Å². The zero-order chi connectivity index (χ0) is 11.1. The van der Waals surface area contributed by atoms with Crippen LogP contribution >= 0.6 is 0 Å². The highest BCUT2D eigenvalue weighted by atomic mass is 16.5. The van der Waals surface area contributed by atoms with E-state index in [1.807, 2.05) is 0 Å². The average Bonchev–Trinajstić information content (AvgIpc) is 2.25. The molecule has 0 heterocycles. The van der Waals surface area contributed by atoms with Crippen LogP contribution in [0, 0.1) is 0 Å². The van der Waals surface area contributed by atoms with Crippen LogP contribution in [-0.2, 0) is 0 Å². The van der Waals surface area contributed by atoms with Gasteiger partial charge in [0.05, 0.1) is 5.69 Å². The summed E-state index contributed by atoms with van der Waals surface area (Å²) >= 11 is 0. The van der Waals surface area contributed by atoms with Gasteiger partial charge < -0.3 is 9.84 Å². The topological polar surface area (TPSA) is 71.2 Å². The normalized spacial score (nSPS) is 10.1. The Bertz CT molecular complexity index is 371. The van der Waals surface area contributed by atoms with E-state index >= 15 is 0 Å². The minimum Gasteiger partial charge on any atom is -0.490 e. The van der Waals surface area contributed by atoms with Gasteiger partial charge >= 0.3 is 6.09 Å². The second-order valence-electron chi connectivity index (χ2n) is 2.58. The van der Waals surface area contributed by atoms with Crippen molar-refractivity contribution in [1.82, 2.24) is 0 Å². The molecule has 0 fully saturated rings. The summed E-state index contributed by atoms with van der Waals surface area (Å²) in [6, 6.07) is 6.59. The summed E-state index contributed by atoms with van der Waals surface area (Å²) in [5.74, 6) is 0.671. The van der Waals surface area contributed by atoms with E-state index in [4.69, 9.17) is 9.84 Å². The Labute approximate surface area is 86.7 Å². The first-order chi connectivity index (χ1) is 7.22. The molecule has 0 spiro atoms. The summed E-state index contributed by atoms with van der Waals surface area (Å²) in [6.07, 6.45) is 0.319. The highest BCUT2D eigenvalue weighted by molar-refractivity contribution is 5.65. The number of amides is 1. The Morgan fingerprint density at radius 3 is 2.67 bits per heavy atom. The number of carbonyl (C=O) groups is 1. The molecule has 5 nitrogen and oxygen atoms in total. The monoisotopic (exact) mass is 206 g/mol. The molecule has 78 valence electrons. The van der Waals surface area contributed by atoms with Crippen molar-refractivity contribution in [2.75, 3.05) is 6.61 Å². The molecule has 0 saturated heterocycles. The molecular formula is C10H10N2O3. The van der Waals surface area contributed by atoms with Gasteiger partial charge in [0.2, 0.25) is 0 Å². The van der Waals surface area contributed by atoms with E-state index in [9.17, 15) is 4.79 Å². The lowest BCUT2D eigenvalue weighted by Gasteiger charge is -2.01. The van der Waals surface area contributed by atoms with Crippen LogP contribution in [-0.4, -0.2) is 17.8 Å². The average molecular weight is 206 g/mol. The zero-order valence-corrected chi connectivity index (χ0v) is 7.96. The number of nitrogens with zero attached hydrogens (tertiary/aromatic N) is 2. The minimum atomic E-state index is -1.32. The second-order valence-corrected chi connectivity index (χ2v) is 2.58. The van der Waals surface area contributed by atoms with Crippen LogP contribution in [0.15, 0.2) is 47.1 Å². The standard InChI is InChI=1S/C10H10N2O3/c1-2-7-15-9-5-3-8(4-6-9)11-12-10(13)14/h2-6H,1,7H2,(H,13,14). The Hall–Kier alpha value is -2.17. The molecule has 5 heteroatoms. The van der Waals surface area contributed by atoms with Crippen LogP contribution < -0.4 is 4.74 Å². The molecule has 1 aromatic carbocycles. The summed E-state index contributed by atoms with van der Waals surface area (Å²) in [6.45, 7) is 3.94. The summed E-state index contributed by atoms with van der Waals surface area (Å²) in [7, 11) is 0. The molecule has 1 rings (SSSR count). The number of hydrogen-bond donors (Lipinski definition) is 1. The number of azo groups is 1. The van der Waals surface area contributed by atoms with E-state index in [0.29, 0.717) is 18.0 Å². The lowest BCUT2D eigenvalue weighted by atomic mass is 10.3. The molecule has 0 bridgehead atoms. The van der Waals surface area contributed by atoms with Crippen molar-refractivity contribution in [3.05, 3.63) is 36.9 Å². The molecule has 1 amide bonds. The van der Waals surface area contributed by atoms with E-state index in [2.05, 4.69) is 16.8 Å². The SMILES string of the molecule is C=CCOc1ccc(N=NC(=O)O)cc1. The largest absolute Gasteiger partial charge is 0.490 e. The predicted octanol–water partition coefficient (Wildman–Crippen LogP) is 3.01. The maximum Gasteiger partial charge on any atom is 0.449 e. The van der Waals surface area contributed by atoms with Gasteiger partial charge in [-0.15, -0.1) is 5.11 Å². The Balaban J connectivity index is 2.63. The maximum absolute atomic E-state index is 10.1. The van der Waals surface area contributed by atoms with Crippen LogP contribution in [0.3, 0.4) is 0 Å². The van der Waals surface area contributed by atoms with Crippen LogP contribution in [0.1, 0.15) is 0 Å². The van der Waals surface area contributed by atoms with Gasteiger partial charge in [0.25, 0.3) is 0 Å². The van der Waals surface area contributed by atoms with Crippen LogP contribution in [0.5, 0.6) is 5.75 Å². The molecule has 0 aliphatic rings. The van der Waals surface area contributed by atoms with E-state index in [1.54, 1.807) is 30.3 Å². The zero-order valence-electron chi connectivity index (χ0n) is 7.96. The third-order valence-electron chi connectivity index (χ3n) is 1.46. The van der Waals surface area contributed by atoms with Gasteiger partial charge in [-0.25, -0.2) is 4.79 Å². The van der Waals surface area contributed by atoms with Crippen LogP contribution in [0.4, 0.5) is 10.5 Å². The quantitative estimate of drug-likeness (QED) is 0.608. The highest BCUT2D eigenvalue weighted by Crippen LogP contribution is 2.18. The number of hydrogen-bond acceptors (Lipinski definition) is 3. The number of carboxylic acid groups (broad SMARTS) is 1. The summed E-state index contributed by atoms with van der Waals surface area (Å²) in [5.41, 5.74) is 0.461. The molecule has 0 atom stereocenters. The smallest absolute Gasteiger partial charge is 0.449 e. The molecule has 1 aromatic rings. The summed E-state index contributed by atoms with van der Waals surface area (Å²) < 4.78 is 5.23. The third-order valence-corrected chi connectivity index (χ3v) is 1.46. The van der Waals surface area contributed by atoms with Gasteiger partial charge in [0.15, 0.2) is 0 Å². The fourth-order valence-electron chi connectivity index (χ4n) is 0.865. The number of ether oxygens (including phenoxy) is 1. The van der Waals surface area contributed by atoms with Crippen LogP contribution in [0.2, 0.25) is 0 Å². The Morgan fingerprint density at radius 2 is 2.13 bits per heavy atom. The van der Waals surface area contributed by atoms with Crippen molar-refractivity contribution in [3.63, 3.8) is 0 Å². The first kappa shape index (κ1) is 10.9. The van der Waals surface area contributed by atoms with Gasteiger partial charge in [-0.05, 0) is 24.3 Å². The van der Waals surface area contributed by atoms with Crippen molar-refractivity contribution >= 4 is 11.8 Å². The van der Waals surface area contributed by atoms with Gasteiger partial charge in [0.1, 0.15) is 12.4 Å². The molecule has 0 aliphatic carbocycles. The van der Waals surface area contributed by atoms with Crippen molar-refractivity contribution in [2.45, 2.75) is 0 Å². The maximum atomic E-state index is 10.1. The molecule has 0 saturated carbocycles. The van der Waals surface area contributed by atoms with E-state index in [-0.39, 0.29) is 0 Å². The van der Waals surface area contributed by atoms with E-state index < -0.39 is 6.09 Å². The Morgan fingerprint density at radius 1 is 1.47 bits per heavy atom. The molecule has 0 radical (unpaired) electrons. The van der Waals surface area contributed by atoms with Crippen molar-refractivity contribution in [2.24, 2.45) is 10.2 Å². The molecule has 0 aromatic heterocycles. The number of rotatable bonds is 4. The van der Waals surface area contributed by atoms with E-state index in [1.165, 1.54) is 0 Å². The van der Waals surface area contributed by atoms with Gasteiger partial charge in [0, 0.05) is 0 Å². The summed E-state index contributed by atoms with van der Waals surface area (Å²) in [4.78, 5) is 10.1. The minimum absolute atomic E-state index is 0.427. The molecule has 1 N–H and O–H groups in total. The first-order valence-corrected chi connectivity index (χ1v) is 4.21. The second kappa shape index (κ2) is 5.54. The number of benzene rings is 1. The molecular weight excluding hydrogens is 196 g/mol. The molecule has 0 unspecified atom stereocenters. The van der Waals surface area contributed by atoms with Crippen molar-refractivity contribution in [3.8, 4) is 5.75 Å². The molecule has 15 heavy (non-hydrogen) atoms. The van der Waals surface area contributed by atoms with Crippen molar-refractivity contribution in [1.29, 1.82) is 0 Å². The Kier molecular flexibility index (Phi) is 4.03. The lowest BCUT2D eigenvalue weighted by Crippen LogP contribution is -1.91. The molecule has 0 aliphatic heterocycles. The fraction of sp³-hybridized carbons (Fsp3) is 0.100. The first-order valence-electron chi connectivity index (χ1n) is 4.21. The predicted molar refractivity (Wildman–Crippen MR) is 54.7 cm³/mol. The van der Waals surface area contributed by atoms with Gasteiger partial charge in [-0.1, -0.05) is 17.8 Å². The van der Waals surface area contributed by atoms with Gasteiger partial charge in [-0.2, -0.15) is 0 Å². The third kappa shape index (κ3) is 4.04. The fourth-order valence-corrected chi connectivity index (χ4v) is 0.865. The van der Waals surface area contributed by atoms with Crippen molar-refractivity contribution < 1.29 is 14.6 Å². The lowest BCUT2D eigenvalue weighted by molar-refractivity contribution is 0.204. The highest BCUT2D eigenvalue weighted by Gasteiger charge is 1.94.